The van der Waals surface area contributed by atoms with Crippen LogP contribution in [0.25, 0.3) is 0 Å². The number of hydrogen-bond acceptors (Lipinski definition) is 5. The summed E-state index contributed by atoms with van der Waals surface area (Å²) in [6.07, 6.45) is 2.57. The first kappa shape index (κ1) is 22.0. The fraction of sp³-hybridized carbons (Fsp3) is 0.789. The highest BCUT2D eigenvalue weighted by Crippen LogP contribution is 2.20. The fourth-order valence-corrected chi connectivity index (χ4v) is 3.58. The molecule has 2 fully saturated rings. The van der Waals surface area contributed by atoms with Crippen LogP contribution in [0.2, 0.25) is 0 Å². The average molecular weight is 396 g/mol. The zero-order chi connectivity index (χ0) is 20.9. The number of likely N-dealkylation sites (N-methyl/N-ethyl adjacent to an activating group) is 1. The van der Waals surface area contributed by atoms with Gasteiger partial charge in [0.2, 0.25) is 11.8 Å². The van der Waals surface area contributed by atoms with Gasteiger partial charge in [0, 0.05) is 26.1 Å². The van der Waals surface area contributed by atoms with Crippen LogP contribution >= 0.6 is 0 Å². The number of carbonyl (C=O) groups excluding carboxylic acids is 4. The summed E-state index contributed by atoms with van der Waals surface area (Å²) in [6, 6.07) is -0.559. The maximum atomic E-state index is 12.5. The molecule has 0 unspecified atom stereocenters. The lowest BCUT2D eigenvalue weighted by Gasteiger charge is -2.34. The Bertz CT molecular complexity index is 616. The number of ether oxygens (including phenoxy) is 1. The number of hydrogen-bond donors (Lipinski definition) is 2. The summed E-state index contributed by atoms with van der Waals surface area (Å²) in [4.78, 5) is 52.1. The molecule has 0 bridgehead atoms. The van der Waals surface area contributed by atoms with Gasteiger partial charge in [0.05, 0.1) is 5.92 Å². The van der Waals surface area contributed by atoms with E-state index in [0.29, 0.717) is 45.2 Å². The van der Waals surface area contributed by atoms with E-state index in [2.05, 4.69) is 10.9 Å². The number of hydrazine groups is 1. The minimum absolute atomic E-state index is 0.0412. The van der Waals surface area contributed by atoms with E-state index in [9.17, 15) is 19.2 Å². The molecule has 0 saturated carbocycles. The first-order valence-corrected chi connectivity index (χ1v) is 9.99. The van der Waals surface area contributed by atoms with E-state index in [0.717, 1.165) is 0 Å². The lowest BCUT2D eigenvalue weighted by molar-refractivity contribution is -0.144. The molecule has 0 aromatic rings. The van der Waals surface area contributed by atoms with Crippen molar-refractivity contribution in [1.29, 1.82) is 0 Å². The maximum Gasteiger partial charge on any atom is 0.410 e. The second-order valence-corrected chi connectivity index (χ2v) is 8.33. The minimum atomic E-state index is -0.594. The molecule has 0 spiro atoms. The van der Waals surface area contributed by atoms with Crippen molar-refractivity contribution in [2.24, 2.45) is 5.92 Å². The number of nitrogens with one attached hydrogen (secondary N) is 2. The van der Waals surface area contributed by atoms with Crippen molar-refractivity contribution in [2.75, 3.05) is 19.6 Å². The van der Waals surface area contributed by atoms with E-state index in [1.807, 2.05) is 6.92 Å². The number of piperidine rings is 2. The molecule has 2 atom stereocenters. The molecule has 2 heterocycles. The molecule has 2 aliphatic heterocycles. The Kier molecular flexibility index (Phi) is 7.26. The summed E-state index contributed by atoms with van der Waals surface area (Å²) in [5.41, 5.74) is 4.32. The van der Waals surface area contributed by atoms with Crippen LogP contribution in [-0.2, 0) is 19.1 Å². The Morgan fingerprint density at radius 3 is 2.43 bits per heavy atom. The molecular formula is C19H32N4O5. The van der Waals surface area contributed by atoms with E-state index in [1.165, 1.54) is 9.80 Å². The molecule has 0 aromatic carbocycles. The summed E-state index contributed by atoms with van der Waals surface area (Å²) < 4.78 is 5.37. The second kappa shape index (κ2) is 9.25. The van der Waals surface area contributed by atoms with Crippen molar-refractivity contribution in [3.05, 3.63) is 0 Å². The highest BCUT2D eigenvalue weighted by atomic mass is 16.6. The molecule has 2 aliphatic rings. The van der Waals surface area contributed by atoms with Crippen LogP contribution in [0.1, 0.15) is 59.8 Å². The Balaban J connectivity index is 1.86. The van der Waals surface area contributed by atoms with Gasteiger partial charge in [0.25, 0.3) is 5.91 Å². The predicted octanol–water partition coefficient (Wildman–Crippen LogP) is 1.18. The van der Waals surface area contributed by atoms with Gasteiger partial charge < -0.3 is 14.5 Å². The largest absolute Gasteiger partial charge is 0.444 e. The van der Waals surface area contributed by atoms with Crippen molar-refractivity contribution < 1.29 is 23.9 Å². The number of rotatable bonds is 3. The highest BCUT2D eigenvalue weighted by molar-refractivity contribution is 5.90. The van der Waals surface area contributed by atoms with E-state index in [1.54, 1.807) is 20.8 Å². The molecule has 2 N–H and O–H groups in total. The van der Waals surface area contributed by atoms with Gasteiger partial charge in [-0.25, -0.2) is 4.79 Å². The molecule has 0 aliphatic carbocycles. The Labute approximate surface area is 166 Å². The van der Waals surface area contributed by atoms with Gasteiger partial charge in [-0.15, -0.1) is 0 Å². The molecule has 4 amide bonds. The van der Waals surface area contributed by atoms with E-state index < -0.39 is 23.7 Å². The van der Waals surface area contributed by atoms with Crippen LogP contribution in [0.15, 0.2) is 0 Å². The number of carbonyl (C=O) groups is 4. The van der Waals surface area contributed by atoms with Crippen LogP contribution in [-0.4, -0.2) is 64.9 Å². The lowest BCUT2D eigenvalue weighted by Crippen LogP contribution is -2.57. The predicted molar refractivity (Wildman–Crippen MR) is 102 cm³/mol. The lowest BCUT2D eigenvalue weighted by atomic mass is 9.98. The molecule has 158 valence electrons. The molecule has 2 rings (SSSR count). The standard InChI is InChI=1S/C19H32N4O5/c1-5-23-14(9-6-10-15(23)24)17(26)21-20-16(25)13-8-7-11-22(12-13)18(27)28-19(2,3)4/h13-14H,5-12H2,1-4H3,(H,20,25)(H,21,26)/t13-,14+/m1/s1. The first-order valence-electron chi connectivity index (χ1n) is 9.99. The Hall–Kier alpha value is -2.32. The number of nitrogens with zero attached hydrogens (tertiary/aromatic N) is 2. The summed E-state index contributed by atoms with van der Waals surface area (Å²) in [6.45, 7) is 8.46. The summed E-state index contributed by atoms with van der Waals surface area (Å²) >= 11 is 0. The van der Waals surface area contributed by atoms with E-state index >= 15 is 0 Å². The van der Waals surface area contributed by atoms with E-state index in [4.69, 9.17) is 4.74 Å². The van der Waals surface area contributed by atoms with Gasteiger partial charge in [0.15, 0.2) is 0 Å². The van der Waals surface area contributed by atoms with Crippen LogP contribution in [0, 0.1) is 5.92 Å². The van der Waals surface area contributed by atoms with Crippen molar-refractivity contribution in [1.82, 2.24) is 20.7 Å². The summed E-state index contributed by atoms with van der Waals surface area (Å²) in [5, 5.41) is 0. The zero-order valence-corrected chi connectivity index (χ0v) is 17.2. The first-order chi connectivity index (χ1) is 13.1. The van der Waals surface area contributed by atoms with Crippen molar-refractivity contribution in [3.8, 4) is 0 Å². The average Bonchev–Trinajstić information content (AvgIpc) is 2.64. The zero-order valence-electron chi connectivity index (χ0n) is 17.2. The molecule has 0 aromatic heterocycles. The molecule has 2 saturated heterocycles. The van der Waals surface area contributed by atoms with Gasteiger partial charge in [-0.05, 0) is 53.4 Å². The third kappa shape index (κ3) is 5.84. The Morgan fingerprint density at radius 2 is 1.79 bits per heavy atom. The van der Waals surface area contributed by atoms with Crippen molar-refractivity contribution in [3.63, 3.8) is 0 Å². The van der Waals surface area contributed by atoms with Gasteiger partial charge in [-0.1, -0.05) is 0 Å². The minimum Gasteiger partial charge on any atom is -0.444 e. The monoisotopic (exact) mass is 396 g/mol. The van der Waals surface area contributed by atoms with Gasteiger partial charge in [-0.2, -0.15) is 0 Å². The van der Waals surface area contributed by atoms with Gasteiger partial charge in [-0.3, -0.25) is 25.2 Å². The summed E-state index contributed by atoms with van der Waals surface area (Å²) in [7, 11) is 0. The summed E-state index contributed by atoms with van der Waals surface area (Å²) in [5.74, 6) is -1.19. The van der Waals surface area contributed by atoms with Crippen LogP contribution in [0.4, 0.5) is 4.79 Å². The Morgan fingerprint density at radius 1 is 1.11 bits per heavy atom. The van der Waals surface area contributed by atoms with Crippen molar-refractivity contribution >= 4 is 23.8 Å². The fourth-order valence-electron chi connectivity index (χ4n) is 3.58. The topological polar surface area (TPSA) is 108 Å². The molecule has 28 heavy (non-hydrogen) atoms. The maximum absolute atomic E-state index is 12.5. The second-order valence-electron chi connectivity index (χ2n) is 8.33. The van der Waals surface area contributed by atoms with Crippen LogP contribution in [0.3, 0.4) is 0 Å². The van der Waals surface area contributed by atoms with Crippen molar-refractivity contribution in [2.45, 2.75) is 71.4 Å². The van der Waals surface area contributed by atoms with Gasteiger partial charge in [0.1, 0.15) is 11.6 Å². The normalized spacial score (nSPS) is 23.2. The number of likely N-dealkylation sites (tertiary alicyclic amines) is 2. The third-order valence-corrected chi connectivity index (χ3v) is 4.96. The van der Waals surface area contributed by atoms with Crippen LogP contribution < -0.4 is 10.9 Å². The molecule has 9 heteroatoms. The molecule has 9 nitrogen and oxygen atoms in total. The van der Waals surface area contributed by atoms with Crippen LogP contribution in [0.5, 0.6) is 0 Å². The highest BCUT2D eigenvalue weighted by Gasteiger charge is 2.34. The number of amides is 4. The SMILES string of the molecule is CCN1C(=O)CCC[C@H]1C(=O)NNC(=O)[C@@H]1CCCN(C(=O)OC(C)(C)C)C1. The quantitative estimate of drug-likeness (QED) is 0.697. The van der Waals surface area contributed by atoms with E-state index in [-0.39, 0.29) is 24.3 Å². The molecular weight excluding hydrogens is 364 g/mol. The smallest absolute Gasteiger partial charge is 0.410 e. The molecule has 0 radical (unpaired) electrons. The third-order valence-electron chi connectivity index (χ3n) is 4.96. The van der Waals surface area contributed by atoms with Gasteiger partial charge >= 0.3 is 6.09 Å².